The average molecular weight is 226 g/mol. The van der Waals surface area contributed by atoms with E-state index in [1.807, 2.05) is 6.92 Å². The number of carbonyl (C=O) groups is 1. The highest BCUT2D eigenvalue weighted by Gasteiger charge is 2.24. The van der Waals surface area contributed by atoms with E-state index in [0.29, 0.717) is 6.42 Å². The number of rotatable bonds is 3. The van der Waals surface area contributed by atoms with Gasteiger partial charge in [-0.05, 0) is 24.9 Å². The Kier molecular flexibility index (Phi) is 4.46. The first-order chi connectivity index (χ1) is 6.09. The standard InChI is InChI=1S/C8H13Cl2NO2/c1-5-3-11-4-6(13-5)2-7(9)8(10)12/h5-7,11H,2-4H2,1H3/t5-,6+,7?/m1/s1. The Morgan fingerprint density at radius 2 is 2.38 bits per heavy atom. The number of ether oxygens (including phenoxy) is 1. The maximum absolute atomic E-state index is 10.7. The predicted molar refractivity (Wildman–Crippen MR) is 52.3 cm³/mol. The summed E-state index contributed by atoms with van der Waals surface area (Å²) in [5, 5.41) is 2.04. The first-order valence-corrected chi connectivity index (χ1v) is 5.10. The summed E-state index contributed by atoms with van der Waals surface area (Å²) < 4.78 is 5.55. The average Bonchev–Trinajstić information content (AvgIpc) is 2.04. The number of morpholine rings is 1. The van der Waals surface area contributed by atoms with Crippen molar-refractivity contribution in [3.63, 3.8) is 0 Å². The molecule has 5 heteroatoms. The van der Waals surface area contributed by atoms with Crippen molar-refractivity contribution in [2.24, 2.45) is 0 Å². The van der Waals surface area contributed by atoms with E-state index in [2.05, 4.69) is 5.32 Å². The molecule has 1 fully saturated rings. The molecule has 0 aromatic carbocycles. The van der Waals surface area contributed by atoms with Crippen LogP contribution in [0.3, 0.4) is 0 Å². The summed E-state index contributed by atoms with van der Waals surface area (Å²) >= 11 is 10.9. The number of hydrogen-bond acceptors (Lipinski definition) is 3. The number of halogens is 2. The van der Waals surface area contributed by atoms with Crippen LogP contribution in [0.4, 0.5) is 0 Å². The summed E-state index contributed by atoms with van der Waals surface area (Å²) in [6.45, 7) is 3.56. The molecule has 1 unspecified atom stereocenters. The van der Waals surface area contributed by atoms with Gasteiger partial charge in [0.1, 0.15) is 5.38 Å². The van der Waals surface area contributed by atoms with E-state index in [1.54, 1.807) is 0 Å². The van der Waals surface area contributed by atoms with Gasteiger partial charge in [0.2, 0.25) is 5.24 Å². The van der Waals surface area contributed by atoms with Crippen molar-refractivity contribution in [1.82, 2.24) is 5.32 Å². The quantitative estimate of drug-likeness (QED) is 0.579. The van der Waals surface area contributed by atoms with Crippen molar-refractivity contribution in [2.75, 3.05) is 13.1 Å². The van der Waals surface area contributed by atoms with Crippen LogP contribution in [0, 0.1) is 0 Å². The third-order valence-corrected chi connectivity index (χ3v) is 2.70. The first-order valence-electron chi connectivity index (χ1n) is 4.29. The number of carbonyl (C=O) groups excluding carboxylic acids is 1. The van der Waals surface area contributed by atoms with Crippen molar-refractivity contribution in [3.8, 4) is 0 Å². The van der Waals surface area contributed by atoms with Crippen molar-refractivity contribution in [1.29, 1.82) is 0 Å². The molecule has 3 atom stereocenters. The van der Waals surface area contributed by atoms with E-state index in [4.69, 9.17) is 27.9 Å². The van der Waals surface area contributed by atoms with Gasteiger partial charge in [0, 0.05) is 13.1 Å². The van der Waals surface area contributed by atoms with Gasteiger partial charge < -0.3 is 10.1 Å². The second-order valence-corrected chi connectivity index (χ2v) is 4.13. The van der Waals surface area contributed by atoms with E-state index in [1.165, 1.54) is 0 Å². The molecule has 1 N–H and O–H groups in total. The molecule has 0 saturated carbocycles. The van der Waals surface area contributed by atoms with Gasteiger partial charge in [0.25, 0.3) is 0 Å². The number of alkyl halides is 1. The van der Waals surface area contributed by atoms with Gasteiger partial charge in [-0.3, -0.25) is 4.79 Å². The van der Waals surface area contributed by atoms with Gasteiger partial charge in [0.15, 0.2) is 0 Å². The molecule has 1 heterocycles. The molecule has 0 radical (unpaired) electrons. The monoisotopic (exact) mass is 225 g/mol. The molecule has 0 spiro atoms. The van der Waals surface area contributed by atoms with Crippen LogP contribution in [0.15, 0.2) is 0 Å². The summed E-state index contributed by atoms with van der Waals surface area (Å²) in [7, 11) is 0. The predicted octanol–water partition coefficient (Wildman–Crippen LogP) is 1.13. The summed E-state index contributed by atoms with van der Waals surface area (Å²) in [4.78, 5) is 10.7. The number of hydrogen-bond donors (Lipinski definition) is 1. The molecule has 0 aromatic heterocycles. The Morgan fingerprint density at radius 3 is 2.92 bits per heavy atom. The first kappa shape index (κ1) is 11.2. The highest BCUT2D eigenvalue weighted by atomic mass is 35.5. The van der Waals surface area contributed by atoms with Crippen LogP contribution in [0.2, 0.25) is 0 Å². The molecule has 3 nitrogen and oxygen atoms in total. The van der Waals surface area contributed by atoms with Crippen molar-refractivity contribution < 1.29 is 9.53 Å². The molecule has 0 amide bonds. The van der Waals surface area contributed by atoms with Gasteiger partial charge >= 0.3 is 0 Å². The molecular weight excluding hydrogens is 213 g/mol. The third kappa shape index (κ3) is 3.81. The minimum atomic E-state index is -0.640. The molecule has 1 aliphatic rings. The van der Waals surface area contributed by atoms with Gasteiger partial charge in [-0.2, -0.15) is 0 Å². The van der Waals surface area contributed by atoms with Gasteiger partial charge in [0.05, 0.1) is 12.2 Å². The minimum absolute atomic E-state index is 0.00560. The molecule has 0 bridgehead atoms. The van der Waals surface area contributed by atoms with Crippen LogP contribution < -0.4 is 5.32 Å². The lowest BCUT2D eigenvalue weighted by molar-refractivity contribution is -0.112. The lowest BCUT2D eigenvalue weighted by atomic mass is 10.1. The van der Waals surface area contributed by atoms with E-state index < -0.39 is 10.6 Å². The van der Waals surface area contributed by atoms with Crippen LogP contribution in [0.5, 0.6) is 0 Å². The van der Waals surface area contributed by atoms with E-state index in [0.717, 1.165) is 13.1 Å². The normalized spacial score (nSPS) is 31.3. The van der Waals surface area contributed by atoms with Crippen LogP contribution in [-0.2, 0) is 9.53 Å². The van der Waals surface area contributed by atoms with E-state index in [9.17, 15) is 4.79 Å². The van der Waals surface area contributed by atoms with Crippen LogP contribution in [0.1, 0.15) is 13.3 Å². The summed E-state index contributed by atoms with van der Waals surface area (Å²) in [6.07, 6.45) is 0.642. The summed E-state index contributed by atoms with van der Waals surface area (Å²) in [5.41, 5.74) is 0. The SMILES string of the molecule is C[C@@H]1CNC[C@H](CC(Cl)C(=O)Cl)O1. The molecular formula is C8H13Cl2NO2. The Morgan fingerprint density at radius 1 is 1.69 bits per heavy atom. The largest absolute Gasteiger partial charge is 0.373 e. The number of nitrogens with one attached hydrogen (secondary N) is 1. The van der Waals surface area contributed by atoms with E-state index >= 15 is 0 Å². The Bertz CT molecular complexity index is 189. The highest BCUT2D eigenvalue weighted by molar-refractivity contribution is 6.69. The fraction of sp³-hybridized carbons (Fsp3) is 0.875. The van der Waals surface area contributed by atoms with Gasteiger partial charge in [-0.15, -0.1) is 11.6 Å². The Hall–Kier alpha value is 0.170. The zero-order valence-corrected chi connectivity index (χ0v) is 8.94. The van der Waals surface area contributed by atoms with Crippen LogP contribution in [-0.4, -0.2) is 35.9 Å². The van der Waals surface area contributed by atoms with Crippen LogP contribution >= 0.6 is 23.2 Å². The minimum Gasteiger partial charge on any atom is -0.373 e. The molecule has 0 aromatic rings. The molecule has 76 valence electrons. The van der Waals surface area contributed by atoms with Crippen LogP contribution in [0.25, 0.3) is 0 Å². The lowest BCUT2D eigenvalue weighted by Gasteiger charge is -2.29. The molecule has 0 aliphatic carbocycles. The second-order valence-electron chi connectivity index (χ2n) is 3.23. The maximum Gasteiger partial charge on any atom is 0.239 e. The Balaban J connectivity index is 2.31. The smallest absolute Gasteiger partial charge is 0.239 e. The Labute approximate surface area is 87.7 Å². The highest BCUT2D eigenvalue weighted by Crippen LogP contribution is 2.14. The zero-order valence-electron chi connectivity index (χ0n) is 7.43. The van der Waals surface area contributed by atoms with Gasteiger partial charge in [-0.25, -0.2) is 0 Å². The maximum atomic E-state index is 10.7. The summed E-state index contributed by atoms with van der Waals surface area (Å²) in [6, 6.07) is 0. The van der Waals surface area contributed by atoms with E-state index in [-0.39, 0.29) is 12.2 Å². The zero-order chi connectivity index (χ0) is 9.84. The lowest BCUT2D eigenvalue weighted by Crippen LogP contribution is -2.44. The topological polar surface area (TPSA) is 38.3 Å². The van der Waals surface area contributed by atoms with Crippen molar-refractivity contribution in [3.05, 3.63) is 0 Å². The molecule has 1 saturated heterocycles. The summed E-state index contributed by atoms with van der Waals surface area (Å²) in [5.74, 6) is 0. The fourth-order valence-electron chi connectivity index (χ4n) is 1.33. The van der Waals surface area contributed by atoms with Gasteiger partial charge in [-0.1, -0.05) is 0 Å². The second kappa shape index (κ2) is 5.15. The third-order valence-electron chi connectivity index (χ3n) is 1.94. The molecule has 13 heavy (non-hydrogen) atoms. The van der Waals surface area contributed by atoms with Crippen molar-refractivity contribution >= 4 is 28.4 Å². The molecule has 1 rings (SSSR count). The van der Waals surface area contributed by atoms with Crippen molar-refractivity contribution in [2.45, 2.75) is 30.9 Å². The fourth-order valence-corrected chi connectivity index (χ4v) is 1.62. The molecule has 1 aliphatic heterocycles.